The van der Waals surface area contributed by atoms with Crippen molar-refractivity contribution in [2.75, 3.05) is 5.32 Å². The molecule has 4 rings (SSSR count). The SMILES string of the molecule is Cc1cnn([C@H](C)C2CC2)c1NC(=O)Cn1cc2ccccc2n1. The molecule has 6 nitrogen and oxygen atoms in total. The lowest BCUT2D eigenvalue weighted by atomic mass is 10.2. The molecule has 1 saturated carbocycles. The third kappa shape index (κ3) is 2.79. The Morgan fingerprint density at radius 2 is 2.17 bits per heavy atom. The van der Waals surface area contributed by atoms with Crippen LogP contribution in [0.25, 0.3) is 10.9 Å². The van der Waals surface area contributed by atoms with E-state index in [4.69, 9.17) is 0 Å². The molecule has 24 heavy (non-hydrogen) atoms. The van der Waals surface area contributed by atoms with Crippen LogP contribution in [0.2, 0.25) is 0 Å². The van der Waals surface area contributed by atoms with Crippen LogP contribution in [0.5, 0.6) is 0 Å². The van der Waals surface area contributed by atoms with E-state index in [0.717, 1.165) is 22.3 Å². The average molecular weight is 323 g/mol. The highest BCUT2D eigenvalue weighted by Gasteiger charge is 2.31. The predicted octanol–water partition coefficient (Wildman–Crippen LogP) is 3.15. The number of aromatic nitrogens is 4. The van der Waals surface area contributed by atoms with Gasteiger partial charge in [-0.1, -0.05) is 18.2 Å². The zero-order valence-corrected chi connectivity index (χ0v) is 13.9. The van der Waals surface area contributed by atoms with E-state index in [2.05, 4.69) is 22.4 Å². The van der Waals surface area contributed by atoms with Crippen LogP contribution in [0, 0.1) is 12.8 Å². The quantitative estimate of drug-likeness (QED) is 0.784. The average Bonchev–Trinajstić information content (AvgIpc) is 3.24. The van der Waals surface area contributed by atoms with Crippen LogP contribution in [-0.4, -0.2) is 25.5 Å². The molecule has 1 aliphatic carbocycles. The van der Waals surface area contributed by atoms with Gasteiger partial charge in [0.25, 0.3) is 0 Å². The number of carbonyl (C=O) groups is 1. The molecular weight excluding hydrogens is 302 g/mol. The van der Waals surface area contributed by atoms with Gasteiger partial charge in [0.15, 0.2) is 0 Å². The maximum Gasteiger partial charge on any atom is 0.247 e. The maximum absolute atomic E-state index is 12.5. The summed E-state index contributed by atoms with van der Waals surface area (Å²) in [4.78, 5) is 12.5. The first-order chi connectivity index (χ1) is 11.6. The lowest BCUT2D eigenvalue weighted by Crippen LogP contribution is -2.23. The first-order valence-electron chi connectivity index (χ1n) is 8.38. The van der Waals surface area contributed by atoms with E-state index in [9.17, 15) is 4.79 Å². The van der Waals surface area contributed by atoms with E-state index in [0.29, 0.717) is 12.0 Å². The Labute approximate surface area is 140 Å². The molecule has 1 amide bonds. The van der Waals surface area contributed by atoms with E-state index >= 15 is 0 Å². The minimum atomic E-state index is -0.0874. The monoisotopic (exact) mass is 323 g/mol. The molecule has 2 aromatic heterocycles. The first kappa shape index (κ1) is 14.9. The highest BCUT2D eigenvalue weighted by atomic mass is 16.2. The number of fused-ring (bicyclic) bond motifs is 1. The van der Waals surface area contributed by atoms with Crippen LogP contribution in [0.1, 0.15) is 31.4 Å². The third-order valence-electron chi connectivity index (χ3n) is 4.69. The van der Waals surface area contributed by atoms with Gasteiger partial charge in [-0.05, 0) is 38.7 Å². The predicted molar refractivity (Wildman–Crippen MR) is 92.8 cm³/mol. The van der Waals surface area contributed by atoms with Gasteiger partial charge in [0.1, 0.15) is 12.4 Å². The molecule has 1 aliphatic rings. The summed E-state index contributed by atoms with van der Waals surface area (Å²) in [6.07, 6.45) is 6.20. The van der Waals surface area contributed by atoms with Crippen LogP contribution in [0.4, 0.5) is 5.82 Å². The Kier molecular flexibility index (Phi) is 3.59. The number of hydrogen-bond acceptors (Lipinski definition) is 3. The van der Waals surface area contributed by atoms with Crippen molar-refractivity contribution >= 4 is 22.6 Å². The van der Waals surface area contributed by atoms with Crippen molar-refractivity contribution in [3.05, 3.63) is 42.2 Å². The maximum atomic E-state index is 12.5. The molecule has 6 heteroatoms. The highest BCUT2D eigenvalue weighted by Crippen LogP contribution is 2.40. The van der Waals surface area contributed by atoms with Crippen molar-refractivity contribution in [2.45, 2.75) is 39.3 Å². The fourth-order valence-electron chi connectivity index (χ4n) is 3.11. The summed E-state index contributed by atoms with van der Waals surface area (Å²) < 4.78 is 3.63. The molecule has 0 unspecified atom stereocenters. The second-order valence-electron chi connectivity index (χ2n) is 6.63. The minimum Gasteiger partial charge on any atom is -0.309 e. The summed E-state index contributed by atoms with van der Waals surface area (Å²) in [5.41, 5.74) is 1.88. The number of carbonyl (C=O) groups excluding carboxylic acids is 1. The number of nitrogens with zero attached hydrogens (tertiary/aromatic N) is 4. The summed E-state index contributed by atoms with van der Waals surface area (Å²) in [6, 6.07) is 8.17. The van der Waals surface area contributed by atoms with Gasteiger partial charge in [0, 0.05) is 17.1 Å². The van der Waals surface area contributed by atoms with E-state index in [1.807, 2.05) is 48.3 Å². The Bertz CT molecular complexity index is 857. The smallest absolute Gasteiger partial charge is 0.247 e. The van der Waals surface area contributed by atoms with Gasteiger partial charge in [-0.25, -0.2) is 4.68 Å². The van der Waals surface area contributed by atoms with Gasteiger partial charge in [0.2, 0.25) is 5.91 Å². The van der Waals surface area contributed by atoms with Gasteiger partial charge in [-0.3, -0.25) is 9.48 Å². The van der Waals surface area contributed by atoms with E-state index in [1.54, 1.807) is 4.68 Å². The van der Waals surface area contributed by atoms with Gasteiger partial charge >= 0.3 is 0 Å². The third-order valence-corrected chi connectivity index (χ3v) is 4.69. The second kappa shape index (κ2) is 5.78. The van der Waals surface area contributed by atoms with E-state index in [-0.39, 0.29) is 12.5 Å². The van der Waals surface area contributed by atoms with Gasteiger partial charge in [0.05, 0.1) is 17.8 Å². The Morgan fingerprint density at radius 1 is 1.38 bits per heavy atom. The fraction of sp³-hybridized carbons (Fsp3) is 0.389. The van der Waals surface area contributed by atoms with Crippen molar-refractivity contribution in [1.82, 2.24) is 19.6 Å². The number of anilines is 1. The first-order valence-corrected chi connectivity index (χ1v) is 8.38. The normalized spacial score (nSPS) is 15.6. The van der Waals surface area contributed by atoms with Crippen molar-refractivity contribution in [1.29, 1.82) is 0 Å². The molecule has 3 aromatic rings. The van der Waals surface area contributed by atoms with Crippen molar-refractivity contribution < 1.29 is 4.79 Å². The molecule has 0 aliphatic heterocycles. The molecule has 2 heterocycles. The lowest BCUT2D eigenvalue weighted by Gasteiger charge is -2.16. The summed E-state index contributed by atoms with van der Waals surface area (Å²) in [7, 11) is 0. The summed E-state index contributed by atoms with van der Waals surface area (Å²) in [6.45, 7) is 4.33. The number of hydrogen-bond donors (Lipinski definition) is 1. The van der Waals surface area contributed by atoms with Crippen LogP contribution >= 0.6 is 0 Å². The van der Waals surface area contributed by atoms with Crippen molar-refractivity contribution in [3.63, 3.8) is 0 Å². The van der Waals surface area contributed by atoms with Gasteiger partial charge in [-0.15, -0.1) is 0 Å². The number of rotatable bonds is 5. The van der Waals surface area contributed by atoms with Gasteiger partial charge in [-0.2, -0.15) is 10.2 Å². The molecule has 0 spiro atoms. The number of nitrogens with one attached hydrogen (secondary N) is 1. The van der Waals surface area contributed by atoms with Gasteiger partial charge < -0.3 is 5.32 Å². The molecule has 1 atom stereocenters. The Morgan fingerprint density at radius 3 is 2.92 bits per heavy atom. The Balaban J connectivity index is 1.50. The van der Waals surface area contributed by atoms with Crippen LogP contribution in [0.3, 0.4) is 0 Å². The molecule has 1 fully saturated rings. The number of benzene rings is 1. The zero-order valence-electron chi connectivity index (χ0n) is 13.9. The Hall–Kier alpha value is -2.63. The number of amides is 1. The molecule has 1 aromatic carbocycles. The molecule has 124 valence electrons. The van der Waals surface area contributed by atoms with Crippen molar-refractivity contribution in [2.24, 2.45) is 5.92 Å². The summed E-state index contributed by atoms with van der Waals surface area (Å²) in [5, 5.41) is 12.9. The lowest BCUT2D eigenvalue weighted by molar-refractivity contribution is -0.116. The molecule has 0 saturated heterocycles. The summed E-state index contributed by atoms with van der Waals surface area (Å²) in [5.74, 6) is 1.39. The van der Waals surface area contributed by atoms with Crippen molar-refractivity contribution in [3.8, 4) is 0 Å². The van der Waals surface area contributed by atoms with E-state index in [1.165, 1.54) is 12.8 Å². The fourth-order valence-corrected chi connectivity index (χ4v) is 3.11. The standard InChI is InChI=1S/C18H21N5O/c1-12-9-19-23(13(2)14-7-8-14)18(12)20-17(24)11-22-10-15-5-3-4-6-16(15)21-22/h3-6,9-10,13-14H,7-8,11H2,1-2H3,(H,20,24)/t13-/m1/s1. The van der Waals surface area contributed by atoms with Crippen LogP contribution in [-0.2, 0) is 11.3 Å². The molecule has 0 radical (unpaired) electrons. The van der Waals surface area contributed by atoms with Crippen LogP contribution in [0.15, 0.2) is 36.7 Å². The summed E-state index contributed by atoms with van der Waals surface area (Å²) >= 11 is 0. The molecular formula is C18H21N5O. The highest BCUT2D eigenvalue weighted by molar-refractivity contribution is 5.90. The largest absolute Gasteiger partial charge is 0.309 e. The van der Waals surface area contributed by atoms with E-state index < -0.39 is 0 Å². The molecule has 1 N–H and O–H groups in total. The zero-order chi connectivity index (χ0) is 16.7. The topological polar surface area (TPSA) is 64.7 Å². The minimum absolute atomic E-state index is 0.0874. The number of aryl methyl sites for hydroxylation is 1. The van der Waals surface area contributed by atoms with Crippen LogP contribution < -0.4 is 5.32 Å². The molecule has 0 bridgehead atoms. The second-order valence-corrected chi connectivity index (χ2v) is 6.63.